The number of aromatic nitrogens is 1. The van der Waals surface area contributed by atoms with Crippen molar-refractivity contribution in [3.8, 4) is 5.75 Å². The van der Waals surface area contributed by atoms with Crippen LogP contribution in [0.15, 0.2) is 12.3 Å². The molecule has 0 saturated carbocycles. The molecule has 0 unspecified atom stereocenters. The average Bonchev–Trinajstić information content (AvgIpc) is 2.16. The molecule has 1 heterocycles. The Kier molecular flexibility index (Phi) is 3.71. The minimum absolute atomic E-state index is 0.0326. The van der Waals surface area contributed by atoms with Crippen LogP contribution in [0.25, 0.3) is 0 Å². The molecule has 1 aromatic rings. The molecular formula is C10H15NO2. The average molecular weight is 181 g/mol. The smallest absolute Gasteiger partial charge is 0.125 e. The van der Waals surface area contributed by atoms with E-state index >= 15 is 0 Å². The molecule has 0 radical (unpaired) electrons. The van der Waals surface area contributed by atoms with E-state index in [4.69, 9.17) is 9.84 Å². The normalized spacial score (nSPS) is 10.1. The van der Waals surface area contributed by atoms with Gasteiger partial charge in [-0.25, -0.2) is 0 Å². The number of pyridine rings is 1. The predicted molar refractivity (Wildman–Crippen MR) is 50.7 cm³/mol. The summed E-state index contributed by atoms with van der Waals surface area (Å²) in [7, 11) is 0. The van der Waals surface area contributed by atoms with Crippen LogP contribution in [0.3, 0.4) is 0 Å². The van der Waals surface area contributed by atoms with Gasteiger partial charge in [0.1, 0.15) is 5.75 Å². The summed E-state index contributed by atoms with van der Waals surface area (Å²) in [6.45, 7) is 4.64. The zero-order chi connectivity index (χ0) is 9.68. The van der Waals surface area contributed by atoms with Crippen molar-refractivity contribution in [3.05, 3.63) is 23.5 Å². The van der Waals surface area contributed by atoms with Gasteiger partial charge in [-0.15, -0.1) is 0 Å². The van der Waals surface area contributed by atoms with Crippen molar-refractivity contribution in [2.75, 3.05) is 6.61 Å². The molecule has 3 nitrogen and oxygen atoms in total. The van der Waals surface area contributed by atoms with E-state index in [0.717, 1.165) is 17.7 Å². The largest absolute Gasteiger partial charge is 0.493 e. The highest BCUT2D eigenvalue weighted by molar-refractivity contribution is 5.34. The van der Waals surface area contributed by atoms with Crippen molar-refractivity contribution in [3.63, 3.8) is 0 Å². The number of ether oxygens (including phenoxy) is 1. The maximum Gasteiger partial charge on any atom is 0.125 e. The number of nitrogens with zero attached hydrogens (tertiary/aromatic N) is 1. The Morgan fingerprint density at radius 2 is 2.31 bits per heavy atom. The fourth-order valence-electron chi connectivity index (χ4n) is 1.09. The molecule has 0 amide bonds. The van der Waals surface area contributed by atoms with Crippen molar-refractivity contribution in [1.29, 1.82) is 0 Å². The molecule has 0 bridgehead atoms. The maximum absolute atomic E-state index is 8.95. The predicted octanol–water partition coefficient (Wildman–Crippen LogP) is 1.67. The Balaban J connectivity index is 2.81. The van der Waals surface area contributed by atoms with E-state index in [2.05, 4.69) is 11.9 Å². The van der Waals surface area contributed by atoms with Crippen LogP contribution < -0.4 is 4.74 Å². The van der Waals surface area contributed by atoms with Gasteiger partial charge in [0.2, 0.25) is 0 Å². The summed E-state index contributed by atoms with van der Waals surface area (Å²) < 4.78 is 5.48. The van der Waals surface area contributed by atoms with E-state index in [-0.39, 0.29) is 6.61 Å². The number of aliphatic hydroxyl groups is 1. The molecule has 72 valence electrons. The van der Waals surface area contributed by atoms with Gasteiger partial charge in [-0.1, -0.05) is 6.92 Å². The fraction of sp³-hybridized carbons (Fsp3) is 0.500. The highest BCUT2D eigenvalue weighted by Crippen LogP contribution is 2.19. The van der Waals surface area contributed by atoms with Crippen molar-refractivity contribution in [2.45, 2.75) is 26.9 Å². The summed E-state index contributed by atoms with van der Waals surface area (Å²) in [6, 6.07) is 1.82. The van der Waals surface area contributed by atoms with Gasteiger partial charge in [0.25, 0.3) is 0 Å². The molecule has 0 saturated heterocycles. The molecule has 0 aliphatic heterocycles. The lowest BCUT2D eigenvalue weighted by Crippen LogP contribution is -2.01. The Bertz CT molecular complexity index is 274. The van der Waals surface area contributed by atoms with Crippen molar-refractivity contribution >= 4 is 0 Å². The van der Waals surface area contributed by atoms with E-state index in [0.29, 0.717) is 12.3 Å². The van der Waals surface area contributed by atoms with E-state index in [1.54, 1.807) is 6.20 Å². The zero-order valence-corrected chi connectivity index (χ0v) is 8.08. The number of rotatable bonds is 4. The van der Waals surface area contributed by atoms with Crippen LogP contribution in [-0.2, 0) is 6.61 Å². The van der Waals surface area contributed by atoms with Crippen molar-refractivity contribution in [1.82, 2.24) is 4.98 Å². The van der Waals surface area contributed by atoms with Gasteiger partial charge in [0, 0.05) is 11.8 Å². The lowest BCUT2D eigenvalue weighted by atomic mass is 10.2. The number of aliphatic hydroxyl groups excluding tert-OH is 1. The molecule has 3 heteroatoms. The van der Waals surface area contributed by atoms with Crippen molar-refractivity contribution < 1.29 is 9.84 Å². The molecule has 13 heavy (non-hydrogen) atoms. The van der Waals surface area contributed by atoms with Crippen molar-refractivity contribution in [2.24, 2.45) is 0 Å². The fourth-order valence-corrected chi connectivity index (χ4v) is 1.09. The van der Waals surface area contributed by atoms with E-state index in [1.807, 2.05) is 13.0 Å². The summed E-state index contributed by atoms with van der Waals surface area (Å²) in [4.78, 5) is 4.04. The minimum atomic E-state index is -0.0326. The lowest BCUT2D eigenvalue weighted by Gasteiger charge is -2.09. The van der Waals surface area contributed by atoms with Crippen LogP contribution in [0, 0.1) is 6.92 Å². The Hall–Kier alpha value is -1.09. The van der Waals surface area contributed by atoms with Crippen LogP contribution in [0.5, 0.6) is 5.75 Å². The van der Waals surface area contributed by atoms with Crippen LogP contribution in [0.4, 0.5) is 0 Å². The molecule has 1 aromatic heterocycles. The van der Waals surface area contributed by atoms with Crippen LogP contribution in [-0.4, -0.2) is 16.7 Å². The number of hydrogen-bond acceptors (Lipinski definition) is 3. The summed E-state index contributed by atoms with van der Waals surface area (Å²) >= 11 is 0. The molecular weight excluding hydrogens is 166 g/mol. The van der Waals surface area contributed by atoms with E-state index in [9.17, 15) is 0 Å². The number of hydrogen-bond donors (Lipinski definition) is 1. The third-order valence-corrected chi connectivity index (χ3v) is 1.87. The van der Waals surface area contributed by atoms with Crippen LogP contribution in [0.2, 0.25) is 0 Å². The molecule has 1 N–H and O–H groups in total. The molecule has 0 aliphatic rings. The third kappa shape index (κ3) is 2.42. The summed E-state index contributed by atoms with van der Waals surface area (Å²) in [5, 5.41) is 8.95. The second kappa shape index (κ2) is 4.82. The van der Waals surface area contributed by atoms with Gasteiger partial charge in [0.05, 0.1) is 18.9 Å². The zero-order valence-electron chi connectivity index (χ0n) is 8.08. The summed E-state index contributed by atoms with van der Waals surface area (Å²) in [5.74, 6) is 0.820. The molecule has 0 spiro atoms. The topological polar surface area (TPSA) is 42.4 Å². The Labute approximate surface area is 78.4 Å². The summed E-state index contributed by atoms with van der Waals surface area (Å²) in [5.41, 5.74) is 1.62. The molecule has 0 aliphatic carbocycles. The molecule has 0 fully saturated rings. The summed E-state index contributed by atoms with van der Waals surface area (Å²) in [6.07, 6.45) is 2.64. The third-order valence-electron chi connectivity index (χ3n) is 1.87. The lowest BCUT2D eigenvalue weighted by molar-refractivity contribution is 0.272. The highest BCUT2D eigenvalue weighted by atomic mass is 16.5. The van der Waals surface area contributed by atoms with Gasteiger partial charge in [-0.05, 0) is 19.4 Å². The first kappa shape index (κ1) is 9.99. The second-order valence-electron chi connectivity index (χ2n) is 2.89. The SMILES string of the molecule is CCCOc1ccnc(CO)c1C. The first-order valence-electron chi connectivity index (χ1n) is 4.47. The van der Waals surface area contributed by atoms with Gasteiger partial charge in [0.15, 0.2) is 0 Å². The quantitative estimate of drug-likeness (QED) is 0.768. The first-order chi connectivity index (χ1) is 6.29. The van der Waals surface area contributed by atoms with Gasteiger partial charge in [-0.3, -0.25) is 4.98 Å². The minimum Gasteiger partial charge on any atom is -0.493 e. The van der Waals surface area contributed by atoms with E-state index < -0.39 is 0 Å². The first-order valence-corrected chi connectivity index (χ1v) is 4.47. The standard InChI is InChI=1S/C10H15NO2/c1-3-6-13-10-4-5-11-9(7-12)8(10)2/h4-5,12H,3,6-7H2,1-2H3. The molecule has 1 rings (SSSR count). The Morgan fingerprint density at radius 1 is 1.54 bits per heavy atom. The molecule has 0 atom stereocenters. The Morgan fingerprint density at radius 3 is 2.92 bits per heavy atom. The maximum atomic E-state index is 8.95. The molecule has 0 aromatic carbocycles. The van der Waals surface area contributed by atoms with Gasteiger partial charge >= 0.3 is 0 Å². The monoisotopic (exact) mass is 181 g/mol. The second-order valence-corrected chi connectivity index (χ2v) is 2.89. The highest BCUT2D eigenvalue weighted by Gasteiger charge is 2.04. The van der Waals surface area contributed by atoms with Gasteiger partial charge in [-0.2, -0.15) is 0 Å². The van der Waals surface area contributed by atoms with Crippen LogP contribution >= 0.6 is 0 Å². The van der Waals surface area contributed by atoms with E-state index in [1.165, 1.54) is 0 Å². The van der Waals surface area contributed by atoms with Crippen LogP contribution in [0.1, 0.15) is 24.6 Å². The van der Waals surface area contributed by atoms with Gasteiger partial charge < -0.3 is 9.84 Å².